The number of benzene rings is 3. The number of fused-ring (bicyclic) bond motifs is 1. The molecule has 0 N–H and O–H groups in total. The third kappa shape index (κ3) is 4.10. The first-order valence-corrected chi connectivity index (χ1v) is 15.1. The van der Waals surface area contributed by atoms with Gasteiger partial charge in [-0.15, -0.1) is 0 Å². The fraction of sp³-hybridized carbons (Fsp3) is 0.300. The summed E-state index contributed by atoms with van der Waals surface area (Å²) in [6.07, 6.45) is 5.43. The van der Waals surface area contributed by atoms with Gasteiger partial charge in [0.15, 0.2) is 7.36 Å². The molecule has 1 fully saturated rings. The van der Waals surface area contributed by atoms with Crippen molar-refractivity contribution >= 4 is 36.3 Å². The number of nitro groups is 1. The minimum atomic E-state index is -2.68. The van der Waals surface area contributed by atoms with Crippen molar-refractivity contribution in [3.05, 3.63) is 106 Å². The molecule has 0 aliphatic carbocycles. The highest BCUT2D eigenvalue weighted by Gasteiger charge is 2.49. The average molecular weight is 541 g/mol. The van der Waals surface area contributed by atoms with Crippen molar-refractivity contribution in [1.82, 2.24) is 4.67 Å². The molecule has 3 aromatic carbocycles. The molecule has 200 valence electrons. The highest BCUT2D eigenvalue weighted by atomic mass is 31.2. The van der Waals surface area contributed by atoms with E-state index in [1.54, 1.807) is 24.3 Å². The normalized spacial score (nSPS) is 24.2. The van der Waals surface area contributed by atoms with Crippen molar-refractivity contribution in [1.29, 1.82) is 0 Å². The summed E-state index contributed by atoms with van der Waals surface area (Å²) in [5.41, 5.74) is 5.20. The topological polar surface area (TPSA) is 77.6 Å². The molecule has 8 nitrogen and oxygen atoms in total. The summed E-state index contributed by atoms with van der Waals surface area (Å²) < 4.78 is 10.3. The first kappa shape index (κ1) is 25.5. The SMILES string of the molecule is CN1/C(=C2/C=NN(c3ccccc3)P2(=Nc2ccc([N+](=O)[O-])cc2)N2CCCCC2)C(C)(C)c2ccccc21. The number of hydrogen-bond donors (Lipinski definition) is 0. The summed E-state index contributed by atoms with van der Waals surface area (Å²) in [6.45, 7) is 6.41. The fourth-order valence-electron chi connectivity index (χ4n) is 6.20. The Labute approximate surface area is 229 Å². The van der Waals surface area contributed by atoms with Gasteiger partial charge in [0.05, 0.1) is 27.8 Å². The molecule has 0 saturated carbocycles. The number of hydrazone groups is 1. The number of non-ortho nitro benzene ring substituents is 1. The molecule has 6 rings (SSSR count). The van der Waals surface area contributed by atoms with Crippen molar-refractivity contribution in [2.45, 2.75) is 38.5 Å². The monoisotopic (exact) mass is 540 g/mol. The van der Waals surface area contributed by atoms with E-state index < -0.39 is 7.36 Å². The Kier molecular flexibility index (Phi) is 6.40. The van der Waals surface area contributed by atoms with Crippen LogP contribution in [0.4, 0.5) is 22.7 Å². The smallest absolute Gasteiger partial charge is 0.269 e. The molecule has 1 saturated heterocycles. The Balaban J connectivity index is 1.67. The zero-order valence-electron chi connectivity index (χ0n) is 22.6. The summed E-state index contributed by atoms with van der Waals surface area (Å²) in [4.78, 5) is 13.3. The van der Waals surface area contributed by atoms with Crippen molar-refractivity contribution < 1.29 is 4.92 Å². The maximum Gasteiger partial charge on any atom is 0.269 e. The number of piperidine rings is 1. The maximum absolute atomic E-state index is 11.4. The van der Waals surface area contributed by atoms with Crippen LogP contribution in [0.15, 0.2) is 99.7 Å². The molecule has 3 aliphatic rings. The molecule has 0 radical (unpaired) electrons. The van der Waals surface area contributed by atoms with Crippen LogP contribution in [0, 0.1) is 10.1 Å². The number of hydrogen-bond acceptors (Lipinski definition) is 5. The number of para-hydroxylation sites is 2. The quantitative estimate of drug-likeness (QED) is 0.191. The van der Waals surface area contributed by atoms with Gasteiger partial charge in [0.2, 0.25) is 0 Å². The molecule has 3 aliphatic heterocycles. The van der Waals surface area contributed by atoms with Crippen LogP contribution >= 0.6 is 7.36 Å². The third-order valence-corrected chi connectivity index (χ3v) is 11.5. The van der Waals surface area contributed by atoms with Gasteiger partial charge in [0.25, 0.3) is 5.69 Å². The number of likely N-dealkylation sites (N-methyl/N-ethyl adjacent to an activating group) is 1. The molecular formula is C30H33N6O2P. The van der Waals surface area contributed by atoms with E-state index in [1.165, 1.54) is 23.4 Å². The Morgan fingerprint density at radius 3 is 2.26 bits per heavy atom. The second-order valence-corrected chi connectivity index (χ2v) is 13.5. The molecule has 0 bridgehead atoms. The number of allylic oxidation sites excluding steroid dienone is 2. The minimum absolute atomic E-state index is 0.0626. The molecule has 3 aromatic rings. The van der Waals surface area contributed by atoms with Crippen LogP contribution in [0.25, 0.3) is 0 Å². The van der Waals surface area contributed by atoms with Gasteiger partial charge in [-0.05, 0) is 48.7 Å². The molecule has 1 unspecified atom stereocenters. The molecule has 0 amide bonds. The molecule has 0 aromatic heterocycles. The van der Waals surface area contributed by atoms with Gasteiger partial charge in [-0.1, -0.05) is 56.7 Å². The van der Waals surface area contributed by atoms with E-state index in [9.17, 15) is 10.1 Å². The van der Waals surface area contributed by atoms with Gasteiger partial charge in [-0.25, -0.2) is 14.2 Å². The minimum Gasteiger partial charge on any atom is -0.346 e. The van der Waals surface area contributed by atoms with Crippen molar-refractivity contribution in [2.75, 3.05) is 29.8 Å². The lowest BCUT2D eigenvalue weighted by Crippen LogP contribution is -2.34. The second kappa shape index (κ2) is 9.78. The molecule has 3 heterocycles. The summed E-state index contributed by atoms with van der Waals surface area (Å²) >= 11 is 0. The predicted molar refractivity (Wildman–Crippen MR) is 160 cm³/mol. The van der Waals surface area contributed by atoms with Gasteiger partial charge in [-0.2, -0.15) is 5.10 Å². The van der Waals surface area contributed by atoms with Crippen LogP contribution < -0.4 is 9.68 Å². The maximum atomic E-state index is 11.4. The number of rotatable bonds is 4. The van der Waals surface area contributed by atoms with E-state index in [-0.39, 0.29) is 16.0 Å². The zero-order valence-corrected chi connectivity index (χ0v) is 23.5. The lowest BCUT2D eigenvalue weighted by atomic mass is 9.84. The molecule has 1 atom stereocenters. The van der Waals surface area contributed by atoms with Crippen LogP contribution in [-0.2, 0) is 5.41 Å². The third-order valence-electron chi connectivity index (χ3n) is 8.01. The van der Waals surface area contributed by atoms with Crippen LogP contribution in [0.5, 0.6) is 0 Å². The Hall–Kier alpha value is -3.74. The van der Waals surface area contributed by atoms with E-state index in [2.05, 4.69) is 71.6 Å². The van der Waals surface area contributed by atoms with E-state index in [0.29, 0.717) is 0 Å². The van der Waals surface area contributed by atoms with Gasteiger partial charge < -0.3 is 4.90 Å². The first-order valence-electron chi connectivity index (χ1n) is 13.4. The Morgan fingerprint density at radius 2 is 1.59 bits per heavy atom. The lowest BCUT2D eigenvalue weighted by molar-refractivity contribution is -0.384. The second-order valence-electron chi connectivity index (χ2n) is 10.8. The standard InChI is InChI=1S/C30H33N6O2P/c1-30(2)26-14-8-9-15-27(26)33(3)29(30)28-22-31-35(24-12-6-4-7-13-24)39(28,34-20-10-5-11-21-34)32-23-16-18-25(19-17-23)36(37)38/h4,6-9,12-19,22H,5,10-11,20-21H2,1-3H3/b29-28-. The summed E-state index contributed by atoms with van der Waals surface area (Å²) in [5, 5.41) is 17.6. The van der Waals surface area contributed by atoms with Gasteiger partial charge >= 0.3 is 0 Å². The predicted octanol–water partition coefficient (Wildman–Crippen LogP) is 7.89. The van der Waals surface area contributed by atoms with E-state index in [1.807, 2.05) is 24.4 Å². The van der Waals surface area contributed by atoms with Gasteiger partial charge in [-0.3, -0.25) is 10.1 Å². The largest absolute Gasteiger partial charge is 0.346 e. The van der Waals surface area contributed by atoms with Gasteiger partial charge in [0.1, 0.15) is 0 Å². The average Bonchev–Trinajstić information content (AvgIpc) is 3.42. The Morgan fingerprint density at radius 1 is 0.923 bits per heavy atom. The van der Waals surface area contributed by atoms with E-state index in [4.69, 9.17) is 9.85 Å². The first-order chi connectivity index (χ1) is 18.8. The van der Waals surface area contributed by atoms with Crippen molar-refractivity contribution in [3.8, 4) is 0 Å². The zero-order chi connectivity index (χ0) is 27.2. The number of nitro benzene ring substituents is 1. The van der Waals surface area contributed by atoms with Crippen molar-refractivity contribution in [2.24, 2.45) is 9.85 Å². The van der Waals surface area contributed by atoms with Crippen LogP contribution in [0.1, 0.15) is 38.7 Å². The van der Waals surface area contributed by atoms with Crippen LogP contribution in [0.2, 0.25) is 0 Å². The molecule has 39 heavy (non-hydrogen) atoms. The summed E-state index contributed by atoms with van der Waals surface area (Å²) in [6, 6.07) is 25.5. The molecular weight excluding hydrogens is 507 g/mol. The fourth-order valence-corrected chi connectivity index (χ4v) is 10.1. The summed E-state index contributed by atoms with van der Waals surface area (Å²) in [7, 11) is -0.538. The molecule has 9 heteroatoms. The molecule has 0 spiro atoms. The highest BCUT2D eigenvalue weighted by Crippen LogP contribution is 2.71. The van der Waals surface area contributed by atoms with E-state index in [0.717, 1.165) is 42.6 Å². The highest BCUT2D eigenvalue weighted by molar-refractivity contribution is 7.71. The van der Waals surface area contributed by atoms with E-state index >= 15 is 0 Å². The number of anilines is 2. The van der Waals surface area contributed by atoms with Gasteiger partial charge in [0, 0.05) is 49.1 Å². The lowest BCUT2D eigenvalue weighted by Gasteiger charge is -2.43. The van der Waals surface area contributed by atoms with Crippen LogP contribution in [0.3, 0.4) is 0 Å². The van der Waals surface area contributed by atoms with Crippen molar-refractivity contribution in [3.63, 3.8) is 0 Å². The summed E-state index contributed by atoms with van der Waals surface area (Å²) in [5.74, 6) is 0. The van der Waals surface area contributed by atoms with Crippen LogP contribution in [-0.4, -0.2) is 35.9 Å². The number of nitrogens with zero attached hydrogens (tertiary/aromatic N) is 6. The Bertz CT molecular complexity index is 1520.